The molecule has 0 N–H and O–H groups in total. The first-order valence-corrected chi connectivity index (χ1v) is 10.7. The molecule has 3 heteroatoms. The monoisotopic (exact) mass is 340 g/mol. The lowest BCUT2D eigenvalue weighted by atomic mass is 10.1. The SMILES string of the molecule is CCCCCS(=O)(=O)CC=C(C)CCC=C(C)CCC=C(C)C. The maximum absolute atomic E-state index is 11.9. The standard InChI is InChI=1S/C20H36O2S/c1-6-7-8-16-23(21,22)17-15-20(5)14-10-13-19(4)12-9-11-18(2)3/h11,13,15H,6-10,12,14,16-17H2,1-5H3. The van der Waals surface area contributed by atoms with Gasteiger partial charge in [-0.2, -0.15) is 0 Å². The molecule has 0 aromatic carbocycles. The predicted molar refractivity (Wildman–Crippen MR) is 104 cm³/mol. The summed E-state index contributed by atoms with van der Waals surface area (Å²) in [6, 6.07) is 0. The highest BCUT2D eigenvalue weighted by Gasteiger charge is 2.08. The van der Waals surface area contributed by atoms with Crippen molar-refractivity contribution in [3.63, 3.8) is 0 Å². The normalized spacial score (nSPS) is 13.3. The van der Waals surface area contributed by atoms with Crippen LogP contribution in [0.5, 0.6) is 0 Å². The Bertz CT molecular complexity index is 504. The quantitative estimate of drug-likeness (QED) is 0.322. The highest BCUT2D eigenvalue weighted by molar-refractivity contribution is 7.91. The Morgan fingerprint density at radius 3 is 1.96 bits per heavy atom. The van der Waals surface area contributed by atoms with Crippen LogP contribution in [0.15, 0.2) is 34.9 Å². The number of rotatable bonds is 12. The number of sulfone groups is 1. The van der Waals surface area contributed by atoms with Crippen LogP contribution in [0, 0.1) is 0 Å². The molecular formula is C20H36O2S. The molecule has 0 heterocycles. The van der Waals surface area contributed by atoms with E-state index in [1.54, 1.807) is 0 Å². The minimum absolute atomic E-state index is 0.200. The molecule has 0 unspecified atom stereocenters. The number of unbranched alkanes of at least 4 members (excludes halogenated alkanes) is 2. The van der Waals surface area contributed by atoms with Gasteiger partial charge in [-0.15, -0.1) is 0 Å². The highest BCUT2D eigenvalue weighted by atomic mass is 32.2. The van der Waals surface area contributed by atoms with E-state index in [2.05, 4.69) is 39.8 Å². The number of hydrogen-bond donors (Lipinski definition) is 0. The first-order valence-electron chi connectivity index (χ1n) is 8.92. The second kappa shape index (κ2) is 12.6. The van der Waals surface area contributed by atoms with Gasteiger partial charge in [-0.25, -0.2) is 8.42 Å². The van der Waals surface area contributed by atoms with Gasteiger partial charge in [-0.3, -0.25) is 0 Å². The first-order chi connectivity index (χ1) is 10.8. The average Bonchev–Trinajstić information content (AvgIpc) is 2.45. The van der Waals surface area contributed by atoms with Crippen molar-refractivity contribution in [2.24, 2.45) is 0 Å². The van der Waals surface area contributed by atoms with Crippen LogP contribution in [0.25, 0.3) is 0 Å². The second-order valence-corrected chi connectivity index (χ2v) is 9.01. The third-order valence-corrected chi connectivity index (χ3v) is 5.45. The van der Waals surface area contributed by atoms with Gasteiger partial charge in [0.2, 0.25) is 0 Å². The number of hydrogen-bond acceptors (Lipinski definition) is 2. The lowest BCUT2D eigenvalue weighted by Gasteiger charge is -2.03. The van der Waals surface area contributed by atoms with Crippen molar-refractivity contribution in [2.75, 3.05) is 11.5 Å². The van der Waals surface area contributed by atoms with Crippen LogP contribution >= 0.6 is 0 Å². The fourth-order valence-electron chi connectivity index (χ4n) is 2.26. The van der Waals surface area contributed by atoms with E-state index in [0.29, 0.717) is 5.75 Å². The van der Waals surface area contributed by atoms with Gasteiger partial charge >= 0.3 is 0 Å². The van der Waals surface area contributed by atoms with Gasteiger partial charge < -0.3 is 0 Å². The van der Waals surface area contributed by atoms with Crippen LogP contribution in [0.3, 0.4) is 0 Å². The topological polar surface area (TPSA) is 34.1 Å². The third kappa shape index (κ3) is 14.5. The molecule has 0 spiro atoms. The molecule has 0 aliphatic heterocycles. The summed E-state index contributed by atoms with van der Waals surface area (Å²) in [6.45, 7) is 10.6. The van der Waals surface area contributed by atoms with Crippen LogP contribution in [0.4, 0.5) is 0 Å². The summed E-state index contributed by atoms with van der Waals surface area (Å²) in [6.07, 6.45) is 13.5. The molecule has 2 nitrogen and oxygen atoms in total. The van der Waals surface area contributed by atoms with Gasteiger partial charge in [0.05, 0.1) is 11.5 Å². The molecule has 0 aliphatic rings. The Morgan fingerprint density at radius 1 is 0.826 bits per heavy atom. The van der Waals surface area contributed by atoms with Crippen LogP contribution in [-0.2, 0) is 9.84 Å². The van der Waals surface area contributed by atoms with E-state index in [9.17, 15) is 8.42 Å². The van der Waals surface area contributed by atoms with Gasteiger partial charge in [0.1, 0.15) is 0 Å². The van der Waals surface area contributed by atoms with E-state index in [4.69, 9.17) is 0 Å². The lowest BCUT2D eigenvalue weighted by Crippen LogP contribution is -2.09. The summed E-state index contributed by atoms with van der Waals surface area (Å²) < 4.78 is 23.8. The number of allylic oxidation sites excluding steroid dienone is 5. The van der Waals surface area contributed by atoms with E-state index in [1.165, 1.54) is 16.7 Å². The van der Waals surface area contributed by atoms with Gasteiger partial charge in [-0.05, 0) is 59.8 Å². The molecule has 0 saturated carbocycles. The maximum atomic E-state index is 11.9. The Balaban J connectivity index is 4.13. The van der Waals surface area contributed by atoms with Crippen molar-refractivity contribution < 1.29 is 8.42 Å². The zero-order valence-electron chi connectivity index (χ0n) is 15.8. The summed E-state index contributed by atoms with van der Waals surface area (Å²) >= 11 is 0. The zero-order chi connectivity index (χ0) is 17.7. The molecule has 134 valence electrons. The molecule has 0 aromatic heterocycles. The molecular weight excluding hydrogens is 304 g/mol. The Morgan fingerprint density at radius 2 is 1.39 bits per heavy atom. The first kappa shape index (κ1) is 22.2. The molecule has 0 radical (unpaired) electrons. The smallest absolute Gasteiger partial charge is 0.153 e. The van der Waals surface area contributed by atoms with E-state index in [1.807, 2.05) is 13.0 Å². The molecule has 0 atom stereocenters. The fraction of sp³-hybridized carbons (Fsp3) is 0.700. The van der Waals surface area contributed by atoms with Crippen LogP contribution in [0.1, 0.15) is 79.6 Å². The van der Waals surface area contributed by atoms with E-state index in [-0.39, 0.29) is 5.75 Å². The highest BCUT2D eigenvalue weighted by Crippen LogP contribution is 2.12. The molecule has 0 rings (SSSR count). The van der Waals surface area contributed by atoms with Crippen molar-refractivity contribution in [3.8, 4) is 0 Å². The van der Waals surface area contributed by atoms with Crippen LogP contribution in [-0.4, -0.2) is 19.9 Å². The van der Waals surface area contributed by atoms with Crippen molar-refractivity contribution in [1.29, 1.82) is 0 Å². The average molecular weight is 341 g/mol. The summed E-state index contributed by atoms with van der Waals surface area (Å²) in [7, 11) is -2.91. The van der Waals surface area contributed by atoms with Crippen LogP contribution in [0.2, 0.25) is 0 Å². The summed E-state index contributed by atoms with van der Waals surface area (Å²) in [5, 5.41) is 0. The summed E-state index contributed by atoms with van der Waals surface area (Å²) in [5.41, 5.74) is 3.97. The van der Waals surface area contributed by atoms with Crippen LogP contribution < -0.4 is 0 Å². The summed E-state index contributed by atoms with van der Waals surface area (Å²) in [4.78, 5) is 0. The van der Waals surface area contributed by atoms with Gasteiger partial charge in [0, 0.05) is 0 Å². The third-order valence-electron chi connectivity index (χ3n) is 3.87. The Hall–Kier alpha value is -0.830. The van der Waals surface area contributed by atoms with E-state index in [0.717, 1.165) is 44.9 Å². The molecule has 0 fully saturated rings. The van der Waals surface area contributed by atoms with Crippen molar-refractivity contribution in [2.45, 2.75) is 79.6 Å². The predicted octanol–water partition coefficient (Wildman–Crippen LogP) is 6.01. The Kier molecular flexibility index (Phi) is 12.1. The van der Waals surface area contributed by atoms with Gasteiger partial charge in [0.15, 0.2) is 9.84 Å². The second-order valence-electron chi connectivity index (χ2n) is 6.78. The van der Waals surface area contributed by atoms with E-state index < -0.39 is 9.84 Å². The van der Waals surface area contributed by atoms with E-state index >= 15 is 0 Å². The van der Waals surface area contributed by atoms with Crippen molar-refractivity contribution in [1.82, 2.24) is 0 Å². The molecule has 0 saturated heterocycles. The minimum atomic E-state index is -2.91. The molecule has 0 bridgehead atoms. The summed E-state index contributed by atoms with van der Waals surface area (Å²) in [5.74, 6) is 0.528. The van der Waals surface area contributed by atoms with Crippen molar-refractivity contribution >= 4 is 9.84 Å². The van der Waals surface area contributed by atoms with Gasteiger partial charge in [0.25, 0.3) is 0 Å². The largest absolute Gasteiger partial charge is 0.229 e. The zero-order valence-corrected chi connectivity index (χ0v) is 16.6. The van der Waals surface area contributed by atoms with Crippen molar-refractivity contribution in [3.05, 3.63) is 34.9 Å². The molecule has 0 amide bonds. The minimum Gasteiger partial charge on any atom is -0.229 e. The molecule has 0 aliphatic carbocycles. The lowest BCUT2D eigenvalue weighted by molar-refractivity contribution is 0.593. The maximum Gasteiger partial charge on any atom is 0.153 e. The van der Waals surface area contributed by atoms with Gasteiger partial charge in [-0.1, -0.05) is 54.7 Å². The Labute approximate surface area is 144 Å². The fourth-order valence-corrected chi connectivity index (χ4v) is 3.61. The molecule has 23 heavy (non-hydrogen) atoms. The molecule has 0 aromatic rings.